The summed E-state index contributed by atoms with van der Waals surface area (Å²) in [7, 11) is 0. The molecule has 0 spiro atoms. The lowest BCUT2D eigenvalue weighted by molar-refractivity contribution is -0.156. The van der Waals surface area contributed by atoms with Gasteiger partial charge in [0, 0.05) is 50.3 Å². The van der Waals surface area contributed by atoms with E-state index in [4.69, 9.17) is 4.74 Å². The lowest BCUT2D eigenvalue weighted by Gasteiger charge is -2.28. The van der Waals surface area contributed by atoms with Gasteiger partial charge in [0.05, 0.1) is 30.4 Å². The number of aliphatic hydroxyl groups excluding tert-OH is 1. The van der Waals surface area contributed by atoms with E-state index in [1.54, 1.807) is 23.0 Å². The van der Waals surface area contributed by atoms with Crippen LogP contribution in [0.4, 0.5) is 26.0 Å². The highest BCUT2D eigenvalue weighted by Gasteiger charge is 2.26. The number of carbonyl (C=O) groups is 2. The van der Waals surface area contributed by atoms with E-state index in [-0.39, 0.29) is 36.0 Å². The van der Waals surface area contributed by atoms with Crippen LogP contribution in [0.15, 0.2) is 54.7 Å². The SMILES string of the molecule is Cc1c(NC(=O)c2cc3n(n2)CCN(CC(=O)OC(C)(C)C)C3)cccc1-c1cccc(Nc2nc(C(F)F)nc3cc(CN4CC[C@@H](O)C4)cnc23)c1C. The van der Waals surface area contributed by atoms with Crippen molar-refractivity contribution in [3.05, 3.63) is 88.6 Å². The molecule has 5 aromatic rings. The predicted octanol–water partition coefficient (Wildman–Crippen LogP) is 6.16. The maximum atomic E-state index is 14.0. The fraction of sp³-hybridized carbons (Fsp3) is 0.400. The van der Waals surface area contributed by atoms with E-state index in [1.165, 1.54) is 0 Å². The van der Waals surface area contributed by atoms with Crippen LogP contribution in [0.3, 0.4) is 0 Å². The lowest BCUT2D eigenvalue weighted by atomic mass is 9.94. The Morgan fingerprint density at radius 1 is 0.982 bits per heavy atom. The number of hydrogen-bond acceptors (Lipinski definition) is 11. The number of aromatic nitrogens is 5. The Hall–Kier alpha value is -5.38. The molecule has 0 radical (unpaired) electrons. The van der Waals surface area contributed by atoms with Crippen molar-refractivity contribution in [3.63, 3.8) is 0 Å². The van der Waals surface area contributed by atoms with Gasteiger partial charge in [0.25, 0.3) is 12.3 Å². The molecule has 7 rings (SSSR count). The molecule has 0 unspecified atom stereocenters. The molecular weight excluding hydrogens is 708 g/mol. The minimum atomic E-state index is -2.89. The van der Waals surface area contributed by atoms with E-state index in [0.29, 0.717) is 61.6 Å². The second-order valence-electron chi connectivity index (χ2n) is 15.2. The van der Waals surface area contributed by atoms with Crippen LogP contribution in [0.5, 0.6) is 0 Å². The molecule has 5 heterocycles. The summed E-state index contributed by atoms with van der Waals surface area (Å²) in [5.74, 6) is -1.09. The predicted molar refractivity (Wildman–Crippen MR) is 204 cm³/mol. The number of likely N-dealkylation sites (tertiary alicyclic amines) is 1. The number of alkyl halides is 2. The Labute approximate surface area is 317 Å². The molecule has 13 nitrogen and oxygen atoms in total. The number of carbonyl (C=O) groups excluding carboxylic acids is 2. The number of rotatable bonds is 10. The molecule has 1 atom stereocenters. The number of fused-ring (bicyclic) bond motifs is 2. The number of nitrogens with one attached hydrogen (secondary N) is 2. The van der Waals surface area contributed by atoms with E-state index in [9.17, 15) is 23.5 Å². The van der Waals surface area contributed by atoms with Gasteiger partial charge in [-0.05, 0) is 93.1 Å². The Morgan fingerprint density at radius 3 is 2.40 bits per heavy atom. The van der Waals surface area contributed by atoms with Crippen molar-refractivity contribution in [2.75, 3.05) is 36.8 Å². The van der Waals surface area contributed by atoms with Crippen LogP contribution >= 0.6 is 0 Å². The maximum absolute atomic E-state index is 14.0. The normalized spacial score (nSPS) is 16.4. The first-order valence-corrected chi connectivity index (χ1v) is 18.3. The summed E-state index contributed by atoms with van der Waals surface area (Å²) in [5.41, 5.74) is 6.68. The molecule has 2 aliphatic rings. The summed E-state index contributed by atoms with van der Waals surface area (Å²) in [6.45, 7) is 12.9. The average molecular weight is 754 g/mol. The minimum absolute atomic E-state index is 0.155. The Balaban J connectivity index is 1.09. The number of aliphatic hydroxyl groups is 1. The van der Waals surface area contributed by atoms with Gasteiger partial charge in [-0.1, -0.05) is 24.3 Å². The molecule has 1 fully saturated rings. The number of ether oxygens (including phenoxy) is 1. The quantitative estimate of drug-likeness (QED) is 0.141. The summed E-state index contributed by atoms with van der Waals surface area (Å²) in [6, 6.07) is 14.8. The highest BCUT2D eigenvalue weighted by Crippen LogP contribution is 2.36. The molecule has 2 aromatic carbocycles. The average Bonchev–Trinajstić information content (AvgIpc) is 3.74. The van der Waals surface area contributed by atoms with Crippen molar-refractivity contribution in [1.29, 1.82) is 0 Å². The van der Waals surface area contributed by atoms with Gasteiger partial charge >= 0.3 is 5.97 Å². The number of amides is 1. The van der Waals surface area contributed by atoms with E-state index >= 15 is 0 Å². The monoisotopic (exact) mass is 753 g/mol. The van der Waals surface area contributed by atoms with Crippen LogP contribution in [0, 0.1) is 13.8 Å². The van der Waals surface area contributed by atoms with Crippen molar-refractivity contribution in [2.45, 2.75) is 78.8 Å². The molecule has 15 heteroatoms. The van der Waals surface area contributed by atoms with Crippen LogP contribution in [-0.4, -0.2) is 89.4 Å². The molecule has 2 aliphatic heterocycles. The van der Waals surface area contributed by atoms with Gasteiger partial charge in [0.2, 0.25) is 0 Å². The van der Waals surface area contributed by atoms with Crippen molar-refractivity contribution >= 4 is 40.1 Å². The van der Waals surface area contributed by atoms with Gasteiger partial charge in [-0.25, -0.2) is 18.7 Å². The highest BCUT2D eigenvalue weighted by atomic mass is 19.3. The molecule has 0 bridgehead atoms. The minimum Gasteiger partial charge on any atom is -0.459 e. The van der Waals surface area contributed by atoms with Crippen molar-refractivity contribution < 1.29 is 28.2 Å². The Morgan fingerprint density at radius 2 is 1.71 bits per heavy atom. The zero-order valence-electron chi connectivity index (χ0n) is 31.6. The first-order valence-electron chi connectivity index (χ1n) is 18.3. The van der Waals surface area contributed by atoms with Gasteiger partial charge in [-0.3, -0.25) is 29.1 Å². The topological polar surface area (TPSA) is 151 Å². The second-order valence-corrected chi connectivity index (χ2v) is 15.2. The number of benzene rings is 2. The molecule has 1 amide bonds. The van der Waals surface area contributed by atoms with E-state index in [0.717, 1.165) is 40.1 Å². The summed E-state index contributed by atoms with van der Waals surface area (Å²) in [5, 5.41) is 20.7. The van der Waals surface area contributed by atoms with Gasteiger partial charge in [-0.2, -0.15) is 5.10 Å². The third-order valence-electron chi connectivity index (χ3n) is 9.80. The van der Waals surface area contributed by atoms with Gasteiger partial charge in [-0.15, -0.1) is 0 Å². The Bertz CT molecular complexity index is 2250. The van der Waals surface area contributed by atoms with Crippen LogP contribution < -0.4 is 10.6 Å². The van der Waals surface area contributed by atoms with Crippen LogP contribution in [0.1, 0.15) is 72.3 Å². The van der Waals surface area contributed by atoms with E-state index in [2.05, 4.69) is 35.6 Å². The van der Waals surface area contributed by atoms with Gasteiger partial charge in [0.15, 0.2) is 17.3 Å². The number of β-amino-alcohol motifs (C(OH)–C–C–N with tert-alkyl or cyclic N) is 1. The van der Waals surface area contributed by atoms with Crippen LogP contribution in [0.25, 0.3) is 22.2 Å². The fourth-order valence-electron chi connectivity index (χ4n) is 7.13. The summed E-state index contributed by atoms with van der Waals surface area (Å²) >= 11 is 0. The number of esters is 1. The maximum Gasteiger partial charge on any atom is 0.320 e. The largest absolute Gasteiger partial charge is 0.459 e. The standard InChI is InChI=1S/C40H45F2N9O4/c1-23-28(8-6-10-30(23)44-37-35-32(45-38(47-37)36(41)42)16-25(18-43-35)19-49-13-12-27(52)21-49)29-9-7-11-31(24(29)2)46-39(54)33-17-26-20-50(14-15-51(26)48-33)22-34(53)55-40(3,4)5/h6-11,16-18,27,36,52H,12-15,19-22H2,1-5H3,(H,46,54)(H,44,45,47)/t27-/m1/s1. The second kappa shape index (κ2) is 15.4. The van der Waals surface area contributed by atoms with Gasteiger partial charge in [0.1, 0.15) is 11.1 Å². The van der Waals surface area contributed by atoms with E-state index < -0.39 is 17.9 Å². The number of halogens is 2. The molecule has 0 aliphatic carbocycles. The number of anilines is 3. The van der Waals surface area contributed by atoms with Crippen LogP contribution in [-0.2, 0) is 29.2 Å². The van der Waals surface area contributed by atoms with Gasteiger partial charge < -0.3 is 20.5 Å². The number of hydrogen-bond donors (Lipinski definition) is 3. The van der Waals surface area contributed by atoms with Crippen molar-refractivity contribution in [1.82, 2.24) is 34.5 Å². The molecule has 1 saturated heterocycles. The molecule has 288 valence electrons. The smallest absolute Gasteiger partial charge is 0.320 e. The fourth-order valence-corrected chi connectivity index (χ4v) is 7.13. The third kappa shape index (κ3) is 8.64. The molecule has 0 saturated carbocycles. The number of nitrogens with zero attached hydrogens (tertiary/aromatic N) is 7. The van der Waals surface area contributed by atoms with Crippen LogP contribution in [0.2, 0.25) is 0 Å². The summed E-state index contributed by atoms with van der Waals surface area (Å²) in [6.07, 6.45) is -0.879. The van der Waals surface area contributed by atoms with Crippen molar-refractivity contribution in [3.8, 4) is 11.1 Å². The lowest BCUT2D eigenvalue weighted by Crippen LogP contribution is -2.39. The zero-order chi connectivity index (χ0) is 39.0. The van der Waals surface area contributed by atoms with E-state index in [1.807, 2.05) is 75.9 Å². The zero-order valence-corrected chi connectivity index (χ0v) is 31.6. The summed E-state index contributed by atoms with van der Waals surface area (Å²) in [4.78, 5) is 42.9. The number of pyridine rings is 1. The molecule has 3 aromatic heterocycles. The highest BCUT2D eigenvalue weighted by molar-refractivity contribution is 6.04. The third-order valence-corrected chi connectivity index (χ3v) is 9.80. The van der Waals surface area contributed by atoms with Crippen molar-refractivity contribution in [2.24, 2.45) is 0 Å². The molecular formula is C40H45F2N9O4. The molecule has 55 heavy (non-hydrogen) atoms. The molecule has 3 N–H and O–H groups in total. The Kier molecular flexibility index (Phi) is 10.6. The first kappa shape index (κ1) is 37.9. The summed E-state index contributed by atoms with van der Waals surface area (Å²) < 4.78 is 35.3. The first-order chi connectivity index (χ1) is 26.2.